The van der Waals surface area contributed by atoms with Crippen molar-refractivity contribution in [2.75, 3.05) is 20.3 Å². The van der Waals surface area contributed by atoms with Crippen LogP contribution in [0.25, 0.3) is 0 Å². The van der Waals surface area contributed by atoms with Gasteiger partial charge in [-0.2, -0.15) is 0 Å². The molecule has 2 N–H and O–H groups in total. The third-order valence-corrected chi connectivity index (χ3v) is 1.95. The van der Waals surface area contributed by atoms with E-state index in [1.165, 1.54) is 0 Å². The normalized spacial score (nSPS) is 10.3. The average molecular weight is 210 g/mol. The van der Waals surface area contributed by atoms with E-state index in [1.54, 1.807) is 25.3 Å². The van der Waals surface area contributed by atoms with Crippen LogP contribution >= 0.6 is 0 Å². The Balaban J connectivity index is 2.43. The monoisotopic (exact) mass is 210 g/mol. The summed E-state index contributed by atoms with van der Waals surface area (Å²) in [6.07, 6.45) is 0. The molecule has 0 saturated heterocycles. The highest BCUT2D eigenvalue weighted by Gasteiger charge is 2.10. The lowest BCUT2D eigenvalue weighted by Crippen LogP contribution is -2.29. The van der Waals surface area contributed by atoms with Crippen molar-refractivity contribution in [2.45, 2.75) is 6.61 Å². The third kappa shape index (κ3) is 4.44. The minimum absolute atomic E-state index is 0.448. The smallest absolute Gasteiger partial charge is 0.423 e. The zero-order valence-corrected chi connectivity index (χ0v) is 8.72. The summed E-state index contributed by atoms with van der Waals surface area (Å²) in [6, 6.07) is 7.00. The van der Waals surface area contributed by atoms with Crippen molar-refractivity contribution < 1.29 is 19.5 Å². The van der Waals surface area contributed by atoms with E-state index in [1.807, 2.05) is 6.07 Å². The maximum atomic E-state index is 8.95. The maximum absolute atomic E-state index is 8.95. The Morgan fingerprint density at radius 2 is 2.07 bits per heavy atom. The molecule has 0 aliphatic carbocycles. The Labute approximate surface area is 89.6 Å². The zero-order valence-electron chi connectivity index (χ0n) is 8.72. The predicted octanol–water partition coefficient (Wildman–Crippen LogP) is -0.471. The van der Waals surface area contributed by atoms with E-state index < -0.39 is 7.12 Å². The molecule has 0 heterocycles. The third-order valence-electron chi connectivity index (χ3n) is 1.95. The molecule has 0 aliphatic rings. The molecule has 1 aromatic rings. The minimum atomic E-state index is -1.43. The van der Waals surface area contributed by atoms with Crippen molar-refractivity contribution in [2.24, 2.45) is 0 Å². The Morgan fingerprint density at radius 3 is 2.73 bits per heavy atom. The van der Waals surface area contributed by atoms with Crippen LogP contribution in [0.3, 0.4) is 0 Å². The minimum Gasteiger partial charge on any atom is -0.423 e. The van der Waals surface area contributed by atoms with Crippen LogP contribution in [0.2, 0.25) is 0 Å². The van der Waals surface area contributed by atoms with Gasteiger partial charge in [0, 0.05) is 7.11 Å². The zero-order chi connectivity index (χ0) is 11.1. The van der Waals surface area contributed by atoms with E-state index >= 15 is 0 Å². The van der Waals surface area contributed by atoms with Gasteiger partial charge in [-0.15, -0.1) is 0 Å². The molecule has 0 fully saturated rings. The summed E-state index contributed by atoms with van der Waals surface area (Å²) in [5.41, 5.74) is 1.39. The van der Waals surface area contributed by atoms with Gasteiger partial charge < -0.3 is 19.5 Å². The highest BCUT2D eigenvalue weighted by Crippen LogP contribution is 1.99. The molecule has 0 atom stereocenters. The summed E-state index contributed by atoms with van der Waals surface area (Å²) < 4.78 is 10.1. The lowest BCUT2D eigenvalue weighted by Gasteiger charge is -2.05. The van der Waals surface area contributed by atoms with Gasteiger partial charge in [0.25, 0.3) is 0 Å². The molecular formula is C10H15BO4. The summed E-state index contributed by atoms with van der Waals surface area (Å²) in [4.78, 5) is 0. The van der Waals surface area contributed by atoms with Crippen molar-refractivity contribution >= 4 is 12.6 Å². The van der Waals surface area contributed by atoms with Crippen LogP contribution in [0.15, 0.2) is 24.3 Å². The van der Waals surface area contributed by atoms with Gasteiger partial charge >= 0.3 is 7.12 Å². The first-order valence-corrected chi connectivity index (χ1v) is 4.75. The summed E-state index contributed by atoms with van der Waals surface area (Å²) in [7, 11) is 0.190. The highest BCUT2D eigenvalue weighted by molar-refractivity contribution is 6.58. The van der Waals surface area contributed by atoms with Crippen LogP contribution in [-0.4, -0.2) is 37.5 Å². The number of hydrogen-bond donors (Lipinski definition) is 2. The van der Waals surface area contributed by atoms with Gasteiger partial charge in [0.15, 0.2) is 0 Å². The van der Waals surface area contributed by atoms with Gasteiger partial charge in [-0.3, -0.25) is 0 Å². The average Bonchev–Trinajstić information content (AvgIpc) is 2.25. The van der Waals surface area contributed by atoms with Crippen molar-refractivity contribution in [1.29, 1.82) is 0 Å². The SMILES string of the molecule is COCCOCc1cccc(B(O)O)c1. The largest absolute Gasteiger partial charge is 0.488 e. The second-order valence-corrected chi connectivity index (χ2v) is 3.16. The fourth-order valence-electron chi connectivity index (χ4n) is 1.18. The van der Waals surface area contributed by atoms with Gasteiger partial charge in [0.05, 0.1) is 19.8 Å². The Kier molecular flexibility index (Phi) is 5.35. The molecular weight excluding hydrogens is 195 g/mol. The second kappa shape index (κ2) is 6.58. The molecule has 15 heavy (non-hydrogen) atoms. The highest BCUT2D eigenvalue weighted by atomic mass is 16.5. The summed E-state index contributed by atoms with van der Waals surface area (Å²) in [6.45, 7) is 1.54. The number of rotatable bonds is 6. The molecule has 0 spiro atoms. The molecule has 1 aromatic carbocycles. The lowest BCUT2D eigenvalue weighted by atomic mass is 9.80. The quantitative estimate of drug-likeness (QED) is 0.492. The van der Waals surface area contributed by atoms with Crippen LogP contribution in [0.5, 0.6) is 0 Å². The van der Waals surface area contributed by atoms with E-state index in [0.29, 0.717) is 25.3 Å². The van der Waals surface area contributed by atoms with Crippen molar-refractivity contribution in [1.82, 2.24) is 0 Å². The maximum Gasteiger partial charge on any atom is 0.488 e. The summed E-state index contributed by atoms with van der Waals surface area (Å²) >= 11 is 0. The molecule has 1 rings (SSSR count). The molecule has 0 unspecified atom stereocenters. The van der Waals surface area contributed by atoms with Crippen molar-refractivity contribution in [3.05, 3.63) is 29.8 Å². The first kappa shape index (κ1) is 12.2. The van der Waals surface area contributed by atoms with Crippen molar-refractivity contribution in [3.8, 4) is 0 Å². The lowest BCUT2D eigenvalue weighted by molar-refractivity contribution is 0.0617. The predicted molar refractivity (Wildman–Crippen MR) is 57.8 cm³/mol. The second-order valence-electron chi connectivity index (χ2n) is 3.16. The standard InChI is InChI=1S/C10H15BO4/c1-14-5-6-15-8-9-3-2-4-10(7-9)11(12)13/h2-4,7,12-13H,5-6,8H2,1H3. The van der Waals surface area contributed by atoms with E-state index in [4.69, 9.17) is 19.5 Å². The van der Waals surface area contributed by atoms with E-state index in [2.05, 4.69) is 0 Å². The molecule has 0 bridgehead atoms. The van der Waals surface area contributed by atoms with Gasteiger partial charge in [-0.1, -0.05) is 24.3 Å². The molecule has 0 aliphatic heterocycles. The van der Waals surface area contributed by atoms with Crippen LogP contribution in [0, 0.1) is 0 Å². The summed E-state index contributed by atoms with van der Waals surface area (Å²) in [5, 5.41) is 17.9. The Morgan fingerprint density at radius 1 is 1.27 bits per heavy atom. The molecule has 0 radical (unpaired) electrons. The fraction of sp³-hybridized carbons (Fsp3) is 0.400. The van der Waals surface area contributed by atoms with E-state index in [-0.39, 0.29) is 0 Å². The van der Waals surface area contributed by atoms with Crippen LogP contribution in [-0.2, 0) is 16.1 Å². The van der Waals surface area contributed by atoms with Crippen LogP contribution in [0.4, 0.5) is 0 Å². The Bertz CT molecular complexity index is 291. The van der Waals surface area contributed by atoms with Gasteiger partial charge in [-0.25, -0.2) is 0 Å². The molecule has 0 saturated carbocycles. The number of hydrogen-bond acceptors (Lipinski definition) is 4. The molecule has 5 heteroatoms. The number of ether oxygens (including phenoxy) is 2. The van der Waals surface area contributed by atoms with Gasteiger partial charge in [0.2, 0.25) is 0 Å². The number of methoxy groups -OCH3 is 1. The summed E-state index contributed by atoms with van der Waals surface area (Å²) in [5.74, 6) is 0. The first-order valence-electron chi connectivity index (χ1n) is 4.75. The first-order chi connectivity index (χ1) is 7.24. The van der Waals surface area contributed by atoms with Crippen LogP contribution in [0.1, 0.15) is 5.56 Å². The van der Waals surface area contributed by atoms with Crippen LogP contribution < -0.4 is 5.46 Å². The van der Waals surface area contributed by atoms with Crippen molar-refractivity contribution in [3.63, 3.8) is 0 Å². The molecule has 0 aromatic heterocycles. The number of benzene rings is 1. The van der Waals surface area contributed by atoms with Gasteiger partial charge in [0.1, 0.15) is 0 Å². The fourth-order valence-corrected chi connectivity index (χ4v) is 1.18. The van der Waals surface area contributed by atoms with E-state index in [9.17, 15) is 0 Å². The molecule has 0 amide bonds. The molecule has 82 valence electrons. The van der Waals surface area contributed by atoms with Gasteiger partial charge in [-0.05, 0) is 11.0 Å². The Hall–Kier alpha value is -0.875. The topological polar surface area (TPSA) is 58.9 Å². The molecule has 4 nitrogen and oxygen atoms in total. The van der Waals surface area contributed by atoms with E-state index in [0.717, 1.165) is 5.56 Å².